The van der Waals surface area contributed by atoms with E-state index in [0.717, 1.165) is 61.4 Å². The number of para-hydroxylation sites is 1. The first kappa shape index (κ1) is 18.6. The summed E-state index contributed by atoms with van der Waals surface area (Å²) in [5, 5.41) is 1.08. The van der Waals surface area contributed by atoms with Gasteiger partial charge in [0, 0.05) is 44.3 Å². The number of benzene rings is 2. The van der Waals surface area contributed by atoms with Crippen LogP contribution in [-0.4, -0.2) is 54.0 Å². The number of fused-ring (bicyclic) bond motifs is 1. The summed E-state index contributed by atoms with van der Waals surface area (Å²) >= 11 is 0. The Morgan fingerprint density at radius 3 is 2.82 bits per heavy atom. The molecule has 0 bridgehead atoms. The van der Waals surface area contributed by atoms with Crippen LogP contribution in [0, 0.1) is 6.92 Å². The smallest absolute Gasteiger partial charge is 0.256 e. The minimum atomic E-state index is 0.121. The monoisotopic (exact) mass is 377 g/mol. The number of hydrogen-bond acceptors (Lipinski definition) is 3. The molecule has 146 valence electrons. The number of nitrogens with zero attached hydrogens (tertiary/aromatic N) is 2. The molecule has 4 rings (SSSR count). The molecule has 28 heavy (non-hydrogen) atoms. The summed E-state index contributed by atoms with van der Waals surface area (Å²) in [6.07, 6.45) is 2.88. The van der Waals surface area contributed by atoms with E-state index in [1.165, 1.54) is 11.1 Å². The summed E-state index contributed by atoms with van der Waals surface area (Å²) in [5.41, 5.74) is 4.26. The van der Waals surface area contributed by atoms with Crippen LogP contribution in [0.2, 0.25) is 0 Å². The quantitative estimate of drug-likeness (QED) is 0.752. The number of aryl methyl sites for hydroxylation is 1. The molecule has 1 fully saturated rings. The first-order valence-corrected chi connectivity index (χ1v) is 9.87. The van der Waals surface area contributed by atoms with Gasteiger partial charge in [-0.25, -0.2) is 0 Å². The van der Waals surface area contributed by atoms with Gasteiger partial charge in [-0.2, -0.15) is 0 Å². The molecule has 3 aromatic rings. The van der Waals surface area contributed by atoms with Crippen molar-refractivity contribution in [2.75, 3.05) is 33.3 Å². The van der Waals surface area contributed by atoms with Gasteiger partial charge < -0.3 is 14.6 Å². The number of amides is 1. The standard InChI is InChI=1S/C23H27N3O2/c1-17-15-20(28-2)8-7-19(17)16-25-11-4-12-26(14-13-25)23(27)21-6-3-5-18-9-10-24-22(18)21/h3,5-10,15,24H,4,11-14,16H2,1-2H3. The Hall–Kier alpha value is -2.79. The summed E-state index contributed by atoms with van der Waals surface area (Å²) < 4.78 is 5.31. The Balaban J connectivity index is 1.44. The van der Waals surface area contributed by atoms with Crippen molar-refractivity contribution in [3.8, 4) is 5.75 Å². The molecule has 0 saturated carbocycles. The lowest BCUT2D eigenvalue weighted by Gasteiger charge is -2.23. The van der Waals surface area contributed by atoms with E-state index in [-0.39, 0.29) is 5.91 Å². The molecule has 5 nitrogen and oxygen atoms in total. The van der Waals surface area contributed by atoms with Crippen molar-refractivity contribution in [3.05, 3.63) is 65.4 Å². The molecule has 1 saturated heterocycles. The lowest BCUT2D eigenvalue weighted by molar-refractivity contribution is 0.0763. The summed E-state index contributed by atoms with van der Waals surface area (Å²) in [7, 11) is 1.70. The molecule has 0 aliphatic carbocycles. The van der Waals surface area contributed by atoms with Gasteiger partial charge in [0.2, 0.25) is 0 Å². The fourth-order valence-corrected chi connectivity index (χ4v) is 3.98. The van der Waals surface area contributed by atoms with E-state index in [9.17, 15) is 4.79 Å². The van der Waals surface area contributed by atoms with E-state index in [1.807, 2.05) is 41.4 Å². The molecular weight excluding hydrogens is 350 g/mol. The molecule has 0 atom stereocenters. The number of carbonyl (C=O) groups is 1. The minimum Gasteiger partial charge on any atom is -0.497 e. The molecule has 5 heteroatoms. The molecule has 1 aliphatic rings. The Bertz CT molecular complexity index is 979. The summed E-state index contributed by atoms with van der Waals surface area (Å²) in [6.45, 7) is 6.48. The van der Waals surface area contributed by atoms with Gasteiger partial charge >= 0.3 is 0 Å². The van der Waals surface area contributed by atoms with Crippen LogP contribution in [0.4, 0.5) is 0 Å². The lowest BCUT2D eigenvalue weighted by Crippen LogP contribution is -2.35. The van der Waals surface area contributed by atoms with Crippen molar-refractivity contribution in [3.63, 3.8) is 0 Å². The normalized spacial score (nSPS) is 15.6. The van der Waals surface area contributed by atoms with E-state index >= 15 is 0 Å². The van der Waals surface area contributed by atoms with Crippen LogP contribution in [-0.2, 0) is 6.54 Å². The first-order valence-electron chi connectivity index (χ1n) is 9.87. The first-order chi connectivity index (χ1) is 13.7. The maximum atomic E-state index is 13.1. The number of carbonyl (C=O) groups excluding carboxylic acids is 1. The van der Waals surface area contributed by atoms with E-state index in [2.05, 4.69) is 28.9 Å². The van der Waals surface area contributed by atoms with Crippen LogP contribution in [0.25, 0.3) is 10.9 Å². The molecular formula is C23H27N3O2. The predicted octanol–water partition coefficient (Wildman–Crippen LogP) is 3.83. The highest BCUT2D eigenvalue weighted by Crippen LogP contribution is 2.21. The maximum Gasteiger partial charge on any atom is 0.256 e. The third-order valence-corrected chi connectivity index (χ3v) is 5.64. The van der Waals surface area contributed by atoms with E-state index < -0.39 is 0 Å². The highest BCUT2D eigenvalue weighted by atomic mass is 16.5. The van der Waals surface area contributed by atoms with Gasteiger partial charge in [0.1, 0.15) is 5.75 Å². The number of rotatable bonds is 4. The van der Waals surface area contributed by atoms with Gasteiger partial charge in [0.25, 0.3) is 5.91 Å². The molecule has 1 amide bonds. The topological polar surface area (TPSA) is 48.6 Å². The molecule has 2 aromatic carbocycles. The molecule has 0 unspecified atom stereocenters. The number of nitrogens with one attached hydrogen (secondary N) is 1. The largest absolute Gasteiger partial charge is 0.497 e. The summed E-state index contributed by atoms with van der Waals surface area (Å²) in [4.78, 5) is 20.8. The van der Waals surface area contributed by atoms with Gasteiger partial charge in [-0.15, -0.1) is 0 Å². The molecule has 0 radical (unpaired) electrons. The van der Waals surface area contributed by atoms with Crippen molar-refractivity contribution in [1.82, 2.24) is 14.8 Å². The molecule has 0 spiro atoms. The van der Waals surface area contributed by atoms with Gasteiger partial charge in [-0.3, -0.25) is 9.69 Å². The van der Waals surface area contributed by atoms with Gasteiger partial charge in [0.15, 0.2) is 0 Å². The fourth-order valence-electron chi connectivity index (χ4n) is 3.98. The molecule has 1 aliphatic heterocycles. The maximum absolute atomic E-state index is 13.1. The third-order valence-electron chi connectivity index (χ3n) is 5.64. The zero-order valence-corrected chi connectivity index (χ0v) is 16.6. The van der Waals surface area contributed by atoms with Gasteiger partial charge in [-0.05, 0) is 48.7 Å². The fraction of sp³-hybridized carbons (Fsp3) is 0.348. The van der Waals surface area contributed by atoms with E-state index in [4.69, 9.17) is 4.74 Å². The Kier molecular flexibility index (Phi) is 5.35. The van der Waals surface area contributed by atoms with Crippen molar-refractivity contribution in [1.29, 1.82) is 0 Å². The number of aromatic nitrogens is 1. The second-order valence-electron chi connectivity index (χ2n) is 7.46. The highest BCUT2D eigenvalue weighted by Gasteiger charge is 2.22. The number of H-pyrrole nitrogens is 1. The average Bonchev–Trinajstić information content (AvgIpc) is 3.08. The van der Waals surface area contributed by atoms with Crippen LogP contribution < -0.4 is 4.74 Å². The molecule has 1 N–H and O–H groups in total. The van der Waals surface area contributed by atoms with Crippen LogP contribution >= 0.6 is 0 Å². The van der Waals surface area contributed by atoms with Crippen LogP contribution in [0.3, 0.4) is 0 Å². The van der Waals surface area contributed by atoms with Crippen LogP contribution in [0.5, 0.6) is 5.75 Å². The second kappa shape index (κ2) is 8.07. The number of methoxy groups -OCH3 is 1. The Morgan fingerprint density at radius 2 is 2.00 bits per heavy atom. The third kappa shape index (κ3) is 3.76. The van der Waals surface area contributed by atoms with Crippen molar-refractivity contribution in [2.24, 2.45) is 0 Å². The van der Waals surface area contributed by atoms with E-state index in [1.54, 1.807) is 7.11 Å². The second-order valence-corrected chi connectivity index (χ2v) is 7.46. The SMILES string of the molecule is COc1ccc(CN2CCCN(C(=O)c3cccc4cc[nH]c34)CC2)c(C)c1. The zero-order valence-electron chi connectivity index (χ0n) is 16.6. The van der Waals surface area contributed by atoms with Gasteiger partial charge in [-0.1, -0.05) is 18.2 Å². The minimum absolute atomic E-state index is 0.121. The zero-order chi connectivity index (χ0) is 19.5. The lowest BCUT2D eigenvalue weighted by atomic mass is 10.1. The summed E-state index contributed by atoms with van der Waals surface area (Å²) in [5.74, 6) is 1.02. The molecule has 1 aromatic heterocycles. The molecule has 2 heterocycles. The van der Waals surface area contributed by atoms with Crippen LogP contribution in [0.1, 0.15) is 27.9 Å². The van der Waals surface area contributed by atoms with Gasteiger partial charge in [0.05, 0.1) is 18.2 Å². The van der Waals surface area contributed by atoms with Crippen molar-refractivity contribution >= 4 is 16.8 Å². The number of aromatic amines is 1. The van der Waals surface area contributed by atoms with E-state index in [0.29, 0.717) is 0 Å². The van der Waals surface area contributed by atoms with Crippen LogP contribution in [0.15, 0.2) is 48.7 Å². The average molecular weight is 377 g/mol. The highest BCUT2D eigenvalue weighted by molar-refractivity contribution is 6.05. The van der Waals surface area contributed by atoms with Crippen molar-refractivity contribution in [2.45, 2.75) is 19.9 Å². The predicted molar refractivity (Wildman–Crippen MR) is 112 cm³/mol. The summed E-state index contributed by atoms with van der Waals surface area (Å²) in [6, 6.07) is 14.2. The number of hydrogen-bond donors (Lipinski definition) is 1. The van der Waals surface area contributed by atoms with Crippen molar-refractivity contribution < 1.29 is 9.53 Å². The Morgan fingerprint density at radius 1 is 1.11 bits per heavy atom. The number of ether oxygens (including phenoxy) is 1. The Labute approximate surface area is 165 Å².